The Labute approximate surface area is 214 Å². The van der Waals surface area contributed by atoms with Crippen LogP contribution in [-0.2, 0) is 28.9 Å². The van der Waals surface area contributed by atoms with Crippen molar-refractivity contribution in [2.45, 2.75) is 64.8 Å². The highest BCUT2D eigenvalue weighted by Gasteiger charge is 2.32. The first-order chi connectivity index (χ1) is 17.3. The van der Waals surface area contributed by atoms with Crippen LogP contribution in [0.4, 0.5) is 5.82 Å². The molecule has 3 heterocycles. The number of aromatic nitrogens is 1. The maximum atomic E-state index is 12.9. The van der Waals surface area contributed by atoms with Gasteiger partial charge in [0.05, 0.1) is 0 Å². The first kappa shape index (κ1) is 26.1. The number of aliphatic carboxylic acids is 1. The topological polar surface area (TPSA) is 94.6 Å². The van der Waals surface area contributed by atoms with E-state index in [9.17, 15) is 14.7 Å². The first-order valence-electron chi connectivity index (χ1n) is 13.3. The van der Waals surface area contributed by atoms with Gasteiger partial charge in [0.25, 0.3) is 0 Å². The number of nitrogens with zero attached hydrogens (tertiary/aromatic N) is 2. The highest BCUT2D eigenvalue weighted by atomic mass is 16.4. The second-order valence-corrected chi connectivity index (χ2v) is 11.0. The largest absolute Gasteiger partial charge is 0.480 e. The van der Waals surface area contributed by atoms with E-state index >= 15 is 0 Å². The van der Waals surface area contributed by atoms with Gasteiger partial charge in [0.2, 0.25) is 5.91 Å². The van der Waals surface area contributed by atoms with Crippen molar-refractivity contribution < 1.29 is 14.7 Å². The summed E-state index contributed by atoms with van der Waals surface area (Å²) >= 11 is 0. The number of benzene rings is 1. The molecule has 1 fully saturated rings. The van der Waals surface area contributed by atoms with Gasteiger partial charge in [-0.1, -0.05) is 50.2 Å². The fraction of sp³-hybridized carbons (Fsp3) is 0.552. The normalized spacial score (nSPS) is 18.8. The maximum absolute atomic E-state index is 12.9. The van der Waals surface area contributed by atoms with Gasteiger partial charge in [-0.3, -0.25) is 4.79 Å². The van der Waals surface area contributed by atoms with Gasteiger partial charge in [0.1, 0.15) is 11.9 Å². The Morgan fingerprint density at radius 2 is 2.03 bits per heavy atom. The second-order valence-electron chi connectivity index (χ2n) is 11.0. The van der Waals surface area contributed by atoms with Gasteiger partial charge in [0, 0.05) is 30.7 Å². The molecule has 0 radical (unpaired) electrons. The zero-order chi connectivity index (χ0) is 25.5. The molecule has 36 heavy (non-hydrogen) atoms. The number of hydrogen-bond donors (Lipinski definition) is 3. The van der Waals surface area contributed by atoms with E-state index < -0.39 is 17.4 Å². The van der Waals surface area contributed by atoms with Crippen molar-refractivity contribution in [1.82, 2.24) is 15.2 Å². The third-order valence-electron chi connectivity index (χ3n) is 7.57. The van der Waals surface area contributed by atoms with E-state index in [-0.39, 0.29) is 5.91 Å². The monoisotopic (exact) mass is 492 g/mol. The predicted octanol–water partition coefficient (Wildman–Crippen LogP) is 3.92. The fourth-order valence-electron chi connectivity index (χ4n) is 5.32. The zero-order valence-electron chi connectivity index (χ0n) is 21.6. The lowest BCUT2D eigenvalue weighted by molar-refractivity contribution is -0.143. The number of rotatable bonds is 11. The average Bonchev–Trinajstić information content (AvgIpc) is 3.33. The fourth-order valence-corrected chi connectivity index (χ4v) is 5.32. The van der Waals surface area contributed by atoms with E-state index in [4.69, 9.17) is 4.98 Å². The Morgan fingerprint density at radius 1 is 1.22 bits per heavy atom. The van der Waals surface area contributed by atoms with Gasteiger partial charge in [-0.25, -0.2) is 9.78 Å². The lowest BCUT2D eigenvalue weighted by Gasteiger charge is -2.27. The summed E-state index contributed by atoms with van der Waals surface area (Å²) in [6.07, 6.45) is 6.44. The molecule has 0 spiro atoms. The molecule has 4 rings (SSSR count). The number of aryl methyl sites for hydroxylation is 2. The van der Waals surface area contributed by atoms with Crippen LogP contribution in [-0.4, -0.2) is 59.1 Å². The molecule has 3 N–H and O–H groups in total. The van der Waals surface area contributed by atoms with Gasteiger partial charge >= 0.3 is 5.97 Å². The van der Waals surface area contributed by atoms with Gasteiger partial charge in [-0.15, -0.1) is 0 Å². The van der Waals surface area contributed by atoms with Crippen molar-refractivity contribution in [3.05, 3.63) is 59.3 Å². The smallest absolute Gasteiger partial charge is 0.326 e. The number of carbonyl (C=O) groups excluding carboxylic acids is 1. The van der Waals surface area contributed by atoms with Crippen LogP contribution in [0.25, 0.3) is 0 Å². The minimum absolute atomic E-state index is 0.218. The molecule has 2 aliphatic heterocycles. The molecule has 7 nitrogen and oxygen atoms in total. The third kappa shape index (κ3) is 7.06. The SMILES string of the molecule is CC(C)(Cc1ccccc1)C(=O)NC(CCN1CCC(CCc2ccc3c(n2)NCCC3)C1)C(=O)O. The van der Waals surface area contributed by atoms with E-state index in [1.54, 1.807) is 0 Å². The molecule has 2 atom stereocenters. The van der Waals surface area contributed by atoms with Gasteiger partial charge in [-0.05, 0) is 74.6 Å². The Morgan fingerprint density at radius 3 is 2.81 bits per heavy atom. The number of amides is 1. The quantitative estimate of drug-likeness (QED) is 0.440. The molecule has 1 aromatic heterocycles. The van der Waals surface area contributed by atoms with Crippen molar-refractivity contribution in [3.63, 3.8) is 0 Å². The van der Waals surface area contributed by atoms with Crippen molar-refractivity contribution in [2.24, 2.45) is 11.3 Å². The molecule has 7 heteroatoms. The third-order valence-corrected chi connectivity index (χ3v) is 7.57. The second kappa shape index (κ2) is 11.9. The predicted molar refractivity (Wildman–Crippen MR) is 142 cm³/mol. The summed E-state index contributed by atoms with van der Waals surface area (Å²) in [5.41, 5.74) is 2.84. The summed E-state index contributed by atoms with van der Waals surface area (Å²) in [4.78, 5) is 32.0. The number of anilines is 1. The number of nitrogens with one attached hydrogen (secondary N) is 2. The van der Waals surface area contributed by atoms with E-state index in [0.29, 0.717) is 25.3 Å². The molecule has 1 aromatic carbocycles. The van der Waals surface area contributed by atoms with Crippen LogP contribution < -0.4 is 10.6 Å². The number of fused-ring (bicyclic) bond motifs is 1. The van der Waals surface area contributed by atoms with E-state index in [1.807, 2.05) is 44.2 Å². The molecule has 194 valence electrons. The van der Waals surface area contributed by atoms with Gasteiger partial charge in [-0.2, -0.15) is 0 Å². The van der Waals surface area contributed by atoms with Crippen LogP contribution in [0, 0.1) is 11.3 Å². The summed E-state index contributed by atoms with van der Waals surface area (Å²) in [6, 6.07) is 13.3. The number of carboxylic acid groups (broad SMARTS) is 1. The molecule has 2 aromatic rings. The van der Waals surface area contributed by atoms with Crippen molar-refractivity contribution in [2.75, 3.05) is 31.5 Å². The van der Waals surface area contributed by atoms with E-state index in [2.05, 4.69) is 27.7 Å². The summed E-state index contributed by atoms with van der Waals surface area (Å²) in [7, 11) is 0. The average molecular weight is 493 g/mol. The summed E-state index contributed by atoms with van der Waals surface area (Å²) in [6.45, 7) is 7.36. The van der Waals surface area contributed by atoms with Gasteiger partial charge < -0.3 is 20.6 Å². The van der Waals surface area contributed by atoms with Crippen LogP contribution in [0.3, 0.4) is 0 Å². The number of hydrogen-bond acceptors (Lipinski definition) is 5. The van der Waals surface area contributed by atoms with E-state index in [1.165, 1.54) is 12.0 Å². The van der Waals surface area contributed by atoms with Crippen LogP contribution in [0.2, 0.25) is 0 Å². The number of pyridine rings is 1. The van der Waals surface area contributed by atoms with Crippen molar-refractivity contribution in [1.29, 1.82) is 0 Å². The van der Waals surface area contributed by atoms with Crippen LogP contribution in [0.5, 0.6) is 0 Å². The minimum Gasteiger partial charge on any atom is -0.480 e. The summed E-state index contributed by atoms with van der Waals surface area (Å²) in [5.74, 6) is 0.464. The van der Waals surface area contributed by atoms with Crippen LogP contribution >= 0.6 is 0 Å². The number of carboxylic acids is 1. The number of carbonyl (C=O) groups is 2. The summed E-state index contributed by atoms with van der Waals surface area (Å²) in [5, 5.41) is 16.0. The Bertz CT molecular complexity index is 1040. The Balaban J connectivity index is 1.22. The Kier molecular flexibility index (Phi) is 8.62. The molecular formula is C29H40N4O3. The number of likely N-dealkylation sites (tertiary alicyclic amines) is 1. The molecule has 1 saturated heterocycles. The van der Waals surface area contributed by atoms with Crippen LogP contribution in [0.1, 0.15) is 56.4 Å². The summed E-state index contributed by atoms with van der Waals surface area (Å²) < 4.78 is 0. The van der Waals surface area contributed by atoms with Crippen LogP contribution in [0.15, 0.2) is 42.5 Å². The van der Waals surface area contributed by atoms with Crippen molar-refractivity contribution >= 4 is 17.7 Å². The molecule has 0 bridgehead atoms. The zero-order valence-corrected chi connectivity index (χ0v) is 21.6. The highest BCUT2D eigenvalue weighted by molar-refractivity contribution is 5.87. The maximum Gasteiger partial charge on any atom is 0.326 e. The molecule has 0 aliphatic carbocycles. The lowest BCUT2D eigenvalue weighted by Crippen LogP contribution is -2.48. The Hall–Kier alpha value is -2.93. The molecule has 2 unspecified atom stereocenters. The highest BCUT2D eigenvalue weighted by Crippen LogP contribution is 2.25. The van der Waals surface area contributed by atoms with E-state index in [0.717, 1.165) is 62.4 Å². The standard InChI is InChI=1S/C29H40N4O3/c1-29(2,19-21-7-4-3-5-8-21)28(36)32-25(27(34)35)15-18-33-17-14-22(20-33)10-12-24-13-11-23-9-6-16-30-26(23)31-24/h3-5,7-8,11,13,22,25H,6,9-10,12,14-20H2,1-2H3,(H,30,31)(H,32,36)(H,34,35). The van der Waals surface area contributed by atoms with Crippen molar-refractivity contribution in [3.8, 4) is 0 Å². The first-order valence-corrected chi connectivity index (χ1v) is 13.3. The minimum atomic E-state index is -0.971. The lowest BCUT2D eigenvalue weighted by atomic mass is 9.84. The molecule has 1 amide bonds. The molecule has 0 saturated carbocycles. The molecule has 2 aliphatic rings. The molecular weight excluding hydrogens is 452 g/mol. The van der Waals surface area contributed by atoms with Gasteiger partial charge in [0.15, 0.2) is 0 Å².